The van der Waals surface area contributed by atoms with E-state index in [9.17, 15) is 5.26 Å². The molecule has 1 aromatic rings. The summed E-state index contributed by atoms with van der Waals surface area (Å²) in [5, 5.41) is 13.0. The second-order valence-electron chi connectivity index (χ2n) is 6.28. The normalized spacial score (nSPS) is 28.8. The first kappa shape index (κ1) is 13.6. The summed E-state index contributed by atoms with van der Waals surface area (Å²) in [7, 11) is 1.90. The molecule has 1 aliphatic carbocycles. The van der Waals surface area contributed by atoms with E-state index >= 15 is 0 Å². The quantitative estimate of drug-likeness (QED) is 0.912. The molecule has 1 N–H and O–H groups in total. The first-order valence-corrected chi connectivity index (χ1v) is 7.65. The fourth-order valence-corrected chi connectivity index (χ4v) is 3.99. The topological polar surface area (TPSA) is 39.1 Å². The molecule has 106 valence electrons. The molecule has 3 nitrogen and oxygen atoms in total. The molecule has 1 saturated heterocycles. The van der Waals surface area contributed by atoms with Crippen LogP contribution < -0.4 is 5.32 Å². The molecule has 1 heterocycles. The standard InChI is InChI=1S/C17H23N3/c1-19-17(12-18,16-8-3-2-4-9-16)13-20-10-14-6-5-7-15(14)11-20/h2-4,8-9,14-15,19H,5-7,10-11,13H2,1H3. The minimum Gasteiger partial charge on any atom is -0.299 e. The van der Waals surface area contributed by atoms with E-state index in [1.54, 1.807) is 0 Å². The molecule has 3 heteroatoms. The van der Waals surface area contributed by atoms with Crippen molar-refractivity contribution in [3.63, 3.8) is 0 Å². The summed E-state index contributed by atoms with van der Waals surface area (Å²) in [6, 6.07) is 12.7. The SMILES string of the molecule is CNC(C#N)(CN1CC2CCCC2C1)c1ccccc1. The summed E-state index contributed by atoms with van der Waals surface area (Å²) in [6.07, 6.45) is 4.16. The maximum atomic E-state index is 9.75. The number of hydrogen-bond donors (Lipinski definition) is 1. The van der Waals surface area contributed by atoms with E-state index in [-0.39, 0.29) is 0 Å². The Hall–Kier alpha value is -1.37. The van der Waals surface area contributed by atoms with Crippen molar-refractivity contribution in [3.05, 3.63) is 35.9 Å². The summed E-state index contributed by atoms with van der Waals surface area (Å²) in [5.41, 5.74) is 0.488. The van der Waals surface area contributed by atoms with Crippen LogP contribution in [-0.2, 0) is 5.54 Å². The molecule has 1 aliphatic heterocycles. The van der Waals surface area contributed by atoms with Crippen LogP contribution >= 0.6 is 0 Å². The van der Waals surface area contributed by atoms with Gasteiger partial charge in [-0.15, -0.1) is 0 Å². The number of nitrogens with zero attached hydrogens (tertiary/aromatic N) is 2. The van der Waals surface area contributed by atoms with Gasteiger partial charge < -0.3 is 0 Å². The van der Waals surface area contributed by atoms with Crippen molar-refractivity contribution < 1.29 is 0 Å². The fourth-order valence-electron chi connectivity index (χ4n) is 3.99. The molecule has 0 aromatic heterocycles. The monoisotopic (exact) mass is 269 g/mol. The average Bonchev–Trinajstić information content (AvgIpc) is 3.07. The second-order valence-corrected chi connectivity index (χ2v) is 6.28. The molecule has 1 saturated carbocycles. The van der Waals surface area contributed by atoms with Crippen LogP contribution in [-0.4, -0.2) is 31.6 Å². The van der Waals surface area contributed by atoms with Crippen LogP contribution in [0.1, 0.15) is 24.8 Å². The third kappa shape index (κ3) is 2.34. The van der Waals surface area contributed by atoms with Gasteiger partial charge in [0.2, 0.25) is 0 Å². The van der Waals surface area contributed by atoms with Crippen molar-refractivity contribution in [2.75, 3.05) is 26.7 Å². The summed E-state index contributed by atoms with van der Waals surface area (Å²) in [4.78, 5) is 2.49. The van der Waals surface area contributed by atoms with Gasteiger partial charge in [-0.2, -0.15) is 5.26 Å². The molecule has 3 rings (SSSR count). The maximum Gasteiger partial charge on any atom is 0.144 e. The Morgan fingerprint density at radius 1 is 1.25 bits per heavy atom. The van der Waals surface area contributed by atoms with Crippen LogP contribution in [0.25, 0.3) is 0 Å². The number of benzene rings is 1. The van der Waals surface area contributed by atoms with Gasteiger partial charge >= 0.3 is 0 Å². The third-order valence-corrected chi connectivity index (χ3v) is 5.15. The molecule has 2 aliphatic rings. The minimum atomic E-state index is -0.583. The first-order valence-electron chi connectivity index (χ1n) is 7.65. The van der Waals surface area contributed by atoms with E-state index in [0.29, 0.717) is 0 Å². The van der Waals surface area contributed by atoms with Crippen LogP contribution in [0.5, 0.6) is 0 Å². The number of fused-ring (bicyclic) bond motifs is 1. The lowest BCUT2D eigenvalue weighted by Crippen LogP contribution is -2.48. The molecule has 3 atom stereocenters. The Morgan fingerprint density at radius 3 is 2.45 bits per heavy atom. The predicted molar refractivity (Wildman–Crippen MR) is 80.1 cm³/mol. The van der Waals surface area contributed by atoms with Crippen LogP contribution in [0.2, 0.25) is 0 Å². The van der Waals surface area contributed by atoms with Gasteiger partial charge in [-0.1, -0.05) is 36.8 Å². The number of likely N-dealkylation sites (tertiary alicyclic amines) is 1. The zero-order valence-electron chi connectivity index (χ0n) is 12.2. The number of likely N-dealkylation sites (N-methyl/N-ethyl adjacent to an activating group) is 1. The zero-order valence-corrected chi connectivity index (χ0v) is 12.2. The lowest BCUT2D eigenvalue weighted by molar-refractivity contribution is 0.243. The van der Waals surface area contributed by atoms with Gasteiger partial charge in [0.25, 0.3) is 0 Å². The van der Waals surface area contributed by atoms with Gasteiger partial charge in [-0.25, -0.2) is 0 Å². The summed E-state index contributed by atoms with van der Waals surface area (Å²) in [5.74, 6) is 1.75. The minimum absolute atomic E-state index is 0.583. The van der Waals surface area contributed by atoms with Gasteiger partial charge in [-0.3, -0.25) is 10.2 Å². The number of hydrogen-bond acceptors (Lipinski definition) is 3. The van der Waals surface area contributed by atoms with E-state index in [0.717, 1.165) is 23.9 Å². The van der Waals surface area contributed by atoms with E-state index in [2.05, 4.69) is 28.4 Å². The molecule has 0 bridgehead atoms. The van der Waals surface area contributed by atoms with Crippen molar-refractivity contribution >= 4 is 0 Å². The van der Waals surface area contributed by atoms with Crippen LogP contribution in [0.4, 0.5) is 0 Å². The highest BCUT2D eigenvalue weighted by Gasteiger charge is 2.40. The summed E-state index contributed by atoms with van der Waals surface area (Å²) >= 11 is 0. The smallest absolute Gasteiger partial charge is 0.144 e. The number of nitriles is 1. The van der Waals surface area contributed by atoms with Gasteiger partial charge in [0.05, 0.1) is 6.07 Å². The predicted octanol–water partition coefficient (Wildman–Crippen LogP) is 2.36. The van der Waals surface area contributed by atoms with Crippen LogP contribution in [0.3, 0.4) is 0 Å². The second kappa shape index (κ2) is 5.55. The van der Waals surface area contributed by atoms with E-state index in [4.69, 9.17) is 0 Å². The van der Waals surface area contributed by atoms with Crippen molar-refractivity contribution in [2.24, 2.45) is 11.8 Å². The van der Waals surface area contributed by atoms with E-state index < -0.39 is 5.54 Å². The molecule has 0 amide bonds. The van der Waals surface area contributed by atoms with E-state index in [1.807, 2.05) is 25.2 Å². The Kier molecular flexibility index (Phi) is 3.78. The Balaban J connectivity index is 1.77. The Bertz CT molecular complexity index is 481. The van der Waals surface area contributed by atoms with Crippen molar-refractivity contribution in [2.45, 2.75) is 24.8 Å². The highest BCUT2D eigenvalue weighted by Crippen LogP contribution is 2.38. The van der Waals surface area contributed by atoms with Crippen LogP contribution in [0.15, 0.2) is 30.3 Å². The number of nitrogens with one attached hydrogen (secondary N) is 1. The van der Waals surface area contributed by atoms with Gasteiger partial charge in [-0.05, 0) is 37.3 Å². The van der Waals surface area contributed by atoms with E-state index in [1.165, 1.54) is 32.4 Å². The largest absolute Gasteiger partial charge is 0.299 e. The molecule has 0 radical (unpaired) electrons. The van der Waals surface area contributed by atoms with Crippen molar-refractivity contribution in [1.29, 1.82) is 5.26 Å². The van der Waals surface area contributed by atoms with Gasteiger partial charge in [0.15, 0.2) is 0 Å². The lowest BCUT2D eigenvalue weighted by atomic mass is 9.91. The maximum absolute atomic E-state index is 9.75. The van der Waals surface area contributed by atoms with Gasteiger partial charge in [0, 0.05) is 19.6 Å². The summed E-state index contributed by atoms with van der Waals surface area (Å²) < 4.78 is 0. The molecular weight excluding hydrogens is 246 g/mol. The summed E-state index contributed by atoms with van der Waals surface area (Å²) in [6.45, 7) is 3.13. The third-order valence-electron chi connectivity index (χ3n) is 5.15. The first-order chi connectivity index (χ1) is 9.77. The van der Waals surface area contributed by atoms with Crippen molar-refractivity contribution in [1.82, 2.24) is 10.2 Å². The Morgan fingerprint density at radius 2 is 1.90 bits per heavy atom. The molecular formula is C17H23N3. The van der Waals surface area contributed by atoms with Crippen molar-refractivity contribution in [3.8, 4) is 6.07 Å². The molecule has 3 unspecified atom stereocenters. The fraction of sp³-hybridized carbons (Fsp3) is 0.588. The molecule has 1 aromatic carbocycles. The highest BCUT2D eigenvalue weighted by atomic mass is 15.2. The Labute approximate surface area is 121 Å². The highest BCUT2D eigenvalue weighted by molar-refractivity contribution is 5.32. The van der Waals surface area contributed by atoms with Crippen LogP contribution in [0, 0.1) is 23.2 Å². The molecule has 0 spiro atoms. The average molecular weight is 269 g/mol. The molecule has 2 fully saturated rings. The molecule has 20 heavy (non-hydrogen) atoms. The number of rotatable bonds is 4. The van der Waals surface area contributed by atoms with Gasteiger partial charge in [0.1, 0.15) is 5.54 Å². The lowest BCUT2D eigenvalue weighted by Gasteiger charge is -2.31. The zero-order chi connectivity index (χ0) is 14.0.